The minimum Gasteiger partial charge on any atom is -0.209 e. The Labute approximate surface area is 108 Å². The zero-order chi connectivity index (χ0) is 13.9. The van der Waals surface area contributed by atoms with Crippen molar-refractivity contribution in [3.63, 3.8) is 0 Å². The number of hydrogen-bond donors (Lipinski definition) is 0. The Morgan fingerprint density at radius 3 is 2.56 bits per heavy atom. The zero-order valence-corrected chi connectivity index (χ0v) is 10.8. The average molecular weight is 295 g/mol. The van der Waals surface area contributed by atoms with Crippen LogP contribution in [-0.2, 0) is 10.0 Å². The first kappa shape index (κ1) is 14.8. The van der Waals surface area contributed by atoms with E-state index in [1.165, 1.54) is 6.07 Å². The average Bonchev–Trinajstić information content (AvgIpc) is 2.27. The van der Waals surface area contributed by atoms with Gasteiger partial charge in [-0.3, -0.25) is 0 Å². The summed E-state index contributed by atoms with van der Waals surface area (Å²) in [6, 6.07) is 5.22. The summed E-state index contributed by atoms with van der Waals surface area (Å²) >= 11 is 5.69. The number of rotatable bonds is 4. The fourth-order valence-corrected chi connectivity index (χ4v) is 2.68. The molecule has 1 rings (SSSR count). The van der Waals surface area contributed by atoms with E-state index in [2.05, 4.69) is 0 Å². The van der Waals surface area contributed by atoms with Crippen molar-refractivity contribution in [2.24, 2.45) is 0 Å². The van der Waals surface area contributed by atoms with Crippen molar-refractivity contribution in [1.82, 2.24) is 4.31 Å². The van der Waals surface area contributed by atoms with Gasteiger partial charge in [-0.1, -0.05) is 11.6 Å². The molecule has 0 heterocycles. The quantitative estimate of drug-likeness (QED) is 0.854. The summed E-state index contributed by atoms with van der Waals surface area (Å²) in [5.74, 6) is 0. The Morgan fingerprint density at radius 1 is 1.50 bits per heavy atom. The normalized spacial score (nSPS) is 11.8. The SMILES string of the molecule is CN(CC(F)F)S(=O)(=O)c1ccc(C#N)c(Cl)c1. The second kappa shape index (κ2) is 5.61. The van der Waals surface area contributed by atoms with Gasteiger partial charge in [0.2, 0.25) is 10.0 Å². The topological polar surface area (TPSA) is 61.2 Å². The van der Waals surface area contributed by atoms with Crippen molar-refractivity contribution in [2.45, 2.75) is 11.3 Å². The molecule has 18 heavy (non-hydrogen) atoms. The van der Waals surface area contributed by atoms with E-state index >= 15 is 0 Å². The summed E-state index contributed by atoms with van der Waals surface area (Å²) in [5.41, 5.74) is 0.118. The van der Waals surface area contributed by atoms with Crippen molar-refractivity contribution >= 4 is 21.6 Å². The summed E-state index contributed by atoms with van der Waals surface area (Å²) in [6.07, 6.45) is -2.77. The number of halogens is 3. The van der Waals surface area contributed by atoms with Gasteiger partial charge >= 0.3 is 0 Å². The standard InChI is InChI=1S/C10H9ClF2N2O2S/c1-15(6-10(12)13)18(16,17)8-3-2-7(5-14)9(11)4-8/h2-4,10H,6H2,1H3. The molecule has 0 aliphatic rings. The Hall–Kier alpha value is -1.23. The molecule has 0 spiro atoms. The molecule has 98 valence electrons. The lowest BCUT2D eigenvalue weighted by molar-refractivity contribution is 0.126. The van der Waals surface area contributed by atoms with E-state index in [-0.39, 0.29) is 15.5 Å². The van der Waals surface area contributed by atoms with Crippen molar-refractivity contribution in [2.75, 3.05) is 13.6 Å². The van der Waals surface area contributed by atoms with Crippen LogP contribution in [0.5, 0.6) is 0 Å². The van der Waals surface area contributed by atoms with Gasteiger partial charge in [0.1, 0.15) is 6.07 Å². The smallest absolute Gasteiger partial charge is 0.209 e. The van der Waals surface area contributed by atoms with Crippen molar-refractivity contribution < 1.29 is 17.2 Å². The predicted molar refractivity (Wildman–Crippen MR) is 62.0 cm³/mol. The maximum absolute atomic E-state index is 12.2. The van der Waals surface area contributed by atoms with Gasteiger partial charge in [-0.25, -0.2) is 17.2 Å². The molecular formula is C10H9ClF2N2O2S. The molecule has 0 saturated carbocycles. The predicted octanol–water partition coefficient (Wildman–Crippen LogP) is 2.10. The Balaban J connectivity index is 3.14. The van der Waals surface area contributed by atoms with Crippen molar-refractivity contribution in [3.05, 3.63) is 28.8 Å². The molecule has 0 aromatic heterocycles. The van der Waals surface area contributed by atoms with Gasteiger partial charge < -0.3 is 0 Å². The minimum absolute atomic E-state index is 0.0379. The molecule has 0 amide bonds. The molecule has 0 aliphatic carbocycles. The summed E-state index contributed by atoms with van der Waals surface area (Å²) in [7, 11) is -2.97. The number of alkyl halides is 2. The molecule has 4 nitrogen and oxygen atoms in total. The molecular weight excluding hydrogens is 286 g/mol. The monoisotopic (exact) mass is 294 g/mol. The molecule has 0 atom stereocenters. The number of hydrogen-bond acceptors (Lipinski definition) is 3. The van der Waals surface area contributed by atoms with Gasteiger partial charge in [-0.05, 0) is 18.2 Å². The van der Waals surface area contributed by atoms with Crippen LogP contribution in [0.4, 0.5) is 8.78 Å². The molecule has 0 N–H and O–H groups in total. The molecule has 0 saturated heterocycles. The van der Waals surface area contributed by atoms with Gasteiger partial charge in [0.25, 0.3) is 6.43 Å². The molecule has 0 fully saturated rings. The van der Waals surface area contributed by atoms with Crippen LogP contribution in [0.3, 0.4) is 0 Å². The maximum Gasteiger partial charge on any atom is 0.252 e. The lowest BCUT2D eigenvalue weighted by Gasteiger charge is -2.16. The summed E-state index contributed by atoms with van der Waals surface area (Å²) in [6.45, 7) is -0.903. The van der Waals surface area contributed by atoms with Crippen LogP contribution < -0.4 is 0 Å². The third-order valence-corrected chi connectivity index (χ3v) is 4.30. The van der Waals surface area contributed by atoms with Crippen LogP contribution in [0.15, 0.2) is 23.1 Å². The van der Waals surface area contributed by atoms with E-state index in [0.717, 1.165) is 19.2 Å². The van der Waals surface area contributed by atoms with Crippen molar-refractivity contribution in [3.8, 4) is 6.07 Å². The van der Waals surface area contributed by atoms with Crippen LogP contribution >= 0.6 is 11.6 Å². The lowest BCUT2D eigenvalue weighted by Crippen LogP contribution is -2.31. The van der Waals surface area contributed by atoms with E-state index in [1.54, 1.807) is 6.07 Å². The maximum atomic E-state index is 12.2. The number of benzene rings is 1. The first-order valence-corrected chi connectivity index (χ1v) is 6.55. The van der Waals surface area contributed by atoms with Crippen LogP contribution in [-0.4, -0.2) is 32.7 Å². The fraction of sp³-hybridized carbons (Fsp3) is 0.300. The largest absolute Gasteiger partial charge is 0.252 e. The fourth-order valence-electron chi connectivity index (χ4n) is 1.22. The Morgan fingerprint density at radius 2 is 2.11 bits per heavy atom. The highest BCUT2D eigenvalue weighted by Gasteiger charge is 2.24. The number of nitriles is 1. The third-order valence-electron chi connectivity index (χ3n) is 2.16. The van der Waals surface area contributed by atoms with Gasteiger partial charge in [-0.2, -0.15) is 9.57 Å². The molecule has 1 aromatic rings. The number of sulfonamides is 1. The summed E-state index contributed by atoms with van der Waals surface area (Å²) in [4.78, 5) is -0.227. The van der Waals surface area contributed by atoms with Gasteiger partial charge in [0.15, 0.2) is 0 Å². The molecule has 0 unspecified atom stereocenters. The van der Waals surface area contributed by atoms with Crippen LogP contribution in [0.2, 0.25) is 5.02 Å². The van der Waals surface area contributed by atoms with Crippen LogP contribution in [0, 0.1) is 11.3 Å². The van der Waals surface area contributed by atoms with Crippen LogP contribution in [0.1, 0.15) is 5.56 Å². The highest BCUT2D eigenvalue weighted by molar-refractivity contribution is 7.89. The third kappa shape index (κ3) is 3.16. The minimum atomic E-state index is -4.02. The van der Waals surface area contributed by atoms with E-state index in [4.69, 9.17) is 16.9 Å². The zero-order valence-electron chi connectivity index (χ0n) is 9.27. The molecule has 0 radical (unpaired) electrons. The lowest BCUT2D eigenvalue weighted by atomic mass is 10.2. The first-order valence-electron chi connectivity index (χ1n) is 4.73. The summed E-state index contributed by atoms with van der Waals surface area (Å²) in [5, 5.41) is 8.61. The van der Waals surface area contributed by atoms with Gasteiger partial charge in [-0.15, -0.1) is 0 Å². The van der Waals surface area contributed by atoms with E-state index in [1.807, 2.05) is 0 Å². The first-order chi connectivity index (χ1) is 8.28. The van der Waals surface area contributed by atoms with E-state index < -0.39 is 23.0 Å². The van der Waals surface area contributed by atoms with E-state index in [0.29, 0.717) is 4.31 Å². The second-order valence-corrected chi connectivity index (χ2v) is 5.88. The van der Waals surface area contributed by atoms with Gasteiger partial charge in [0, 0.05) is 7.05 Å². The highest BCUT2D eigenvalue weighted by atomic mass is 35.5. The summed E-state index contributed by atoms with van der Waals surface area (Å²) < 4.78 is 48.6. The molecule has 0 aliphatic heterocycles. The number of nitrogens with zero attached hydrogens (tertiary/aromatic N) is 2. The van der Waals surface area contributed by atoms with Crippen molar-refractivity contribution in [1.29, 1.82) is 5.26 Å². The second-order valence-electron chi connectivity index (χ2n) is 3.43. The van der Waals surface area contributed by atoms with Gasteiger partial charge in [0.05, 0.1) is 22.0 Å². The molecule has 8 heteroatoms. The Bertz CT molecular complexity index is 584. The van der Waals surface area contributed by atoms with Crippen LogP contribution in [0.25, 0.3) is 0 Å². The van der Waals surface area contributed by atoms with E-state index in [9.17, 15) is 17.2 Å². The molecule has 0 bridgehead atoms. The highest BCUT2D eigenvalue weighted by Crippen LogP contribution is 2.22. The molecule has 1 aromatic carbocycles. The Kier molecular flexibility index (Phi) is 4.62.